The lowest BCUT2D eigenvalue weighted by atomic mass is 10.2. The number of hydrogen-bond donors (Lipinski definition) is 1. The molecule has 0 saturated heterocycles. The predicted octanol–water partition coefficient (Wildman–Crippen LogP) is 1.96. The van der Waals surface area contributed by atoms with Gasteiger partial charge in [0.15, 0.2) is 11.5 Å². The summed E-state index contributed by atoms with van der Waals surface area (Å²) < 4.78 is 13.5. The van der Waals surface area contributed by atoms with Gasteiger partial charge in [-0.2, -0.15) is 5.10 Å². The number of rotatable bonds is 6. The van der Waals surface area contributed by atoms with Gasteiger partial charge in [-0.15, -0.1) is 0 Å². The quantitative estimate of drug-likeness (QED) is 0.693. The number of para-hydroxylation sites is 1. The van der Waals surface area contributed by atoms with Gasteiger partial charge in [0.05, 0.1) is 5.69 Å². The van der Waals surface area contributed by atoms with Crippen molar-refractivity contribution in [1.29, 1.82) is 0 Å². The number of fused-ring (bicyclic) bond motifs is 1. The summed E-state index contributed by atoms with van der Waals surface area (Å²) in [6, 6.07) is 14.9. The van der Waals surface area contributed by atoms with Crippen molar-refractivity contribution in [2.75, 3.05) is 6.79 Å². The first-order valence-electron chi connectivity index (χ1n) is 9.59. The molecule has 1 aromatic heterocycles. The lowest BCUT2D eigenvalue weighted by Gasteiger charge is -2.06. The first-order valence-corrected chi connectivity index (χ1v) is 9.59. The highest BCUT2D eigenvalue weighted by Gasteiger charge is 2.31. The molecule has 0 spiro atoms. The third-order valence-corrected chi connectivity index (χ3v) is 5.04. The minimum atomic E-state index is -0.295. The van der Waals surface area contributed by atoms with Gasteiger partial charge in [-0.3, -0.25) is 4.79 Å². The molecule has 1 aliphatic heterocycles. The molecule has 148 valence electrons. The Morgan fingerprint density at radius 3 is 2.69 bits per heavy atom. The van der Waals surface area contributed by atoms with E-state index < -0.39 is 0 Å². The second kappa shape index (κ2) is 7.12. The molecule has 1 amide bonds. The molecule has 0 bridgehead atoms. The van der Waals surface area contributed by atoms with Crippen LogP contribution < -0.4 is 20.5 Å². The number of aromatic nitrogens is 3. The fraction of sp³-hybridized carbons (Fsp3) is 0.286. The van der Waals surface area contributed by atoms with E-state index in [2.05, 4.69) is 10.4 Å². The second-order valence-corrected chi connectivity index (χ2v) is 7.21. The molecule has 2 aliphatic rings. The summed E-state index contributed by atoms with van der Waals surface area (Å²) in [7, 11) is 0. The van der Waals surface area contributed by atoms with Gasteiger partial charge in [0.25, 0.3) is 0 Å². The summed E-state index contributed by atoms with van der Waals surface area (Å²) >= 11 is 0. The number of hydrogen-bond acceptors (Lipinski definition) is 5. The van der Waals surface area contributed by atoms with E-state index in [4.69, 9.17) is 9.47 Å². The van der Waals surface area contributed by atoms with E-state index in [1.807, 2.05) is 48.5 Å². The van der Waals surface area contributed by atoms with Gasteiger partial charge in [0.2, 0.25) is 12.7 Å². The molecule has 1 N–H and O–H groups in total. The fourth-order valence-electron chi connectivity index (χ4n) is 3.40. The van der Waals surface area contributed by atoms with Gasteiger partial charge in [-0.25, -0.2) is 14.0 Å². The van der Waals surface area contributed by atoms with E-state index in [1.165, 1.54) is 4.68 Å². The monoisotopic (exact) mass is 392 g/mol. The summed E-state index contributed by atoms with van der Waals surface area (Å²) in [5.74, 6) is 2.10. The Kier molecular flexibility index (Phi) is 4.31. The number of amides is 1. The normalized spacial score (nSPS) is 14.8. The average Bonchev–Trinajstić information content (AvgIpc) is 3.39. The highest BCUT2D eigenvalue weighted by Crippen LogP contribution is 2.39. The zero-order valence-electron chi connectivity index (χ0n) is 15.7. The Labute approximate surface area is 166 Å². The molecular formula is C21H20N4O4. The van der Waals surface area contributed by atoms with E-state index in [9.17, 15) is 9.59 Å². The van der Waals surface area contributed by atoms with Gasteiger partial charge in [0.1, 0.15) is 12.4 Å². The molecular weight excluding hydrogens is 372 g/mol. The van der Waals surface area contributed by atoms with Crippen LogP contribution in [-0.2, 0) is 17.9 Å². The molecule has 2 aromatic carbocycles. The number of ether oxygens (including phenoxy) is 2. The minimum Gasteiger partial charge on any atom is -0.454 e. The van der Waals surface area contributed by atoms with Crippen LogP contribution in [0.2, 0.25) is 0 Å². The van der Waals surface area contributed by atoms with Gasteiger partial charge < -0.3 is 14.8 Å². The van der Waals surface area contributed by atoms with Gasteiger partial charge in [0, 0.05) is 12.5 Å². The topological polar surface area (TPSA) is 87.4 Å². The van der Waals surface area contributed by atoms with Crippen LogP contribution in [0.3, 0.4) is 0 Å². The lowest BCUT2D eigenvalue weighted by molar-refractivity contribution is -0.122. The van der Waals surface area contributed by atoms with Crippen LogP contribution in [0.15, 0.2) is 53.3 Å². The molecule has 3 aromatic rings. The van der Waals surface area contributed by atoms with Crippen molar-refractivity contribution >= 4 is 5.91 Å². The zero-order chi connectivity index (χ0) is 19.8. The number of nitrogens with zero attached hydrogens (tertiary/aromatic N) is 3. The molecule has 5 rings (SSSR count). The first kappa shape index (κ1) is 17.5. The van der Waals surface area contributed by atoms with Crippen molar-refractivity contribution in [3.05, 3.63) is 70.4 Å². The van der Waals surface area contributed by atoms with Crippen LogP contribution in [-0.4, -0.2) is 27.0 Å². The van der Waals surface area contributed by atoms with Crippen LogP contribution in [0.5, 0.6) is 11.5 Å². The van der Waals surface area contributed by atoms with Crippen LogP contribution >= 0.6 is 0 Å². The van der Waals surface area contributed by atoms with E-state index in [-0.39, 0.29) is 30.9 Å². The van der Waals surface area contributed by atoms with Crippen LogP contribution in [0, 0.1) is 0 Å². The van der Waals surface area contributed by atoms with E-state index in [0.717, 1.165) is 29.9 Å². The van der Waals surface area contributed by atoms with Crippen LogP contribution in [0.4, 0.5) is 0 Å². The van der Waals surface area contributed by atoms with Crippen molar-refractivity contribution in [3.63, 3.8) is 0 Å². The molecule has 8 nitrogen and oxygen atoms in total. The number of nitrogens with one attached hydrogen (secondary N) is 1. The third kappa shape index (κ3) is 3.49. The molecule has 1 aliphatic carbocycles. The number of carbonyl (C=O) groups is 1. The van der Waals surface area contributed by atoms with Crippen molar-refractivity contribution in [1.82, 2.24) is 19.7 Å². The molecule has 8 heteroatoms. The van der Waals surface area contributed by atoms with Crippen molar-refractivity contribution in [3.8, 4) is 17.2 Å². The Bertz CT molecular complexity index is 1120. The van der Waals surface area contributed by atoms with Gasteiger partial charge in [-0.05, 0) is 42.7 Å². The molecule has 0 atom stereocenters. The maximum atomic E-state index is 12.9. The fourth-order valence-corrected chi connectivity index (χ4v) is 3.40. The van der Waals surface area contributed by atoms with Crippen LogP contribution in [0.25, 0.3) is 5.69 Å². The Hall–Kier alpha value is -3.55. The summed E-state index contributed by atoms with van der Waals surface area (Å²) in [4.78, 5) is 25.4. The summed E-state index contributed by atoms with van der Waals surface area (Å²) in [6.45, 7) is 0.420. The molecule has 1 saturated carbocycles. The van der Waals surface area contributed by atoms with Crippen molar-refractivity contribution in [2.45, 2.75) is 31.8 Å². The molecule has 29 heavy (non-hydrogen) atoms. The Morgan fingerprint density at radius 1 is 1.10 bits per heavy atom. The maximum Gasteiger partial charge on any atom is 0.351 e. The highest BCUT2D eigenvalue weighted by atomic mass is 16.7. The minimum absolute atomic E-state index is 0.122. The Balaban J connectivity index is 1.31. The lowest BCUT2D eigenvalue weighted by Crippen LogP contribution is -2.33. The average molecular weight is 392 g/mol. The smallest absolute Gasteiger partial charge is 0.351 e. The molecule has 1 fully saturated rings. The van der Waals surface area contributed by atoms with Gasteiger partial charge >= 0.3 is 5.69 Å². The van der Waals surface area contributed by atoms with E-state index in [1.54, 1.807) is 4.57 Å². The van der Waals surface area contributed by atoms with E-state index in [0.29, 0.717) is 18.0 Å². The standard InChI is InChI=1S/C21H20N4O4/c26-19(22-11-14-6-9-17-18(10-14)29-13-28-17)12-24-21(27)25(16-4-2-1-3-5-16)20(23-24)15-7-8-15/h1-6,9-10,15H,7-8,11-13H2,(H,22,26). The molecule has 0 radical (unpaired) electrons. The Morgan fingerprint density at radius 2 is 1.90 bits per heavy atom. The summed E-state index contributed by atoms with van der Waals surface area (Å²) in [6.07, 6.45) is 2.03. The van der Waals surface area contributed by atoms with E-state index >= 15 is 0 Å². The third-order valence-electron chi connectivity index (χ3n) is 5.04. The maximum absolute atomic E-state index is 12.9. The van der Waals surface area contributed by atoms with Crippen molar-refractivity contribution < 1.29 is 14.3 Å². The first-order chi connectivity index (χ1) is 14.2. The molecule has 0 unspecified atom stereocenters. The zero-order valence-corrected chi connectivity index (χ0v) is 15.7. The largest absolute Gasteiger partial charge is 0.454 e. The second-order valence-electron chi connectivity index (χ2n) is 7.21. The summed E-state index contributed by atoms with van der Waals surface area (Å²) in [5.41, 5.74) is 1.37. The predicted molar refractivity (Wildman–Crippen MR) is 104 cm³/mol. The highest BCUT2D eigenvalue weighted by molar-refractivity contribution is 5.75. The SMILES string of the molecule is O=C(Cn1nc(C2CC2)n(-c2ccccc2)c1=O)NCc1ccc2c(c1)OCO2. The van der Waals surface area contributed by atoms with Gasteiger partial charge in [-0.1, -0.05) is 24.3 Å². The summed E-state index contributed by atoms with van der Waals surface area (Å²) in [5, 5.41) is 7.30. The number of benzene rings is 2. The number of carbonyl (C=O) groups excluding carboxylic acids is 1. The molecule has 2 heterocycles. The van der Waals surface area contributed by atoms with Crippen molar-refractivity contribution in [2.24, 2.45) is 0 Å². The van der Waals surface area contributed by atoms with Crippen LogP contribution in [0.1, 0.15) is 30.1 Å².